The molecule has 1 saturated carbocycles. The molecule has 2 fully saturated rings. The van der Waals surface area contributed by atoms with E-state index in [1.807, 2.05) is 24.3 Å². The minimum Gasteiger partial charge on any atom is -0.490 e. The van der Waals surface area contributed by atoms with Crippen LogP contribution >= 0.6 is 0 Å². The van der Waals surface area contributed by atoms with E-state index in [-0.39, 0.29) is 0 Å². The molecule has 2 aliphatic rings. The number of hydrogen-bond acceptors (Lipinski definition) is 2. The van der Waals surface area contributed by atoms with Gasteiger partial charge in [-0.1, -0.05) is 12.1 Å². The summed E-state index contributed by atoms with van der Waals surface area (Å²) >= 11 is 0. The molecule has 1 heterocycles. The molecule has 1 aromatic carbocycles. The number of alkyl halides is 1. The van der Waals surface area contributed by atoms with Gasteiger partial charge in [0, 0.05) is 13.1 Å². The highest BCUT2D eigenvalue weighted by molar-refractivity contribution is 5.33. The van der Waals surface area contributed by atoms with Gasteiger partial charge in [-0.15, -0.1) is 0 Å². The molecular weight excluding hydrogens is 193 g/mol. The van der Waals surface area contributed by atoms with Crippen molar-refractivity contribution in [2.45, 2.75) is 24.6 Å². The highest BCUT2D eigenvalue weighted by Crippen LogP contribution is 2.32. The quantitative estimate of drug-likeness (QED) is 0.818. The van der Waals surface area contributed by atoms with Crippen LogP contribution in [-0.4, -0.2) is 19.2 Å². The Kier molecular flexibility index (Phi) is 1.96. The number of halogens is 1. The van der Waals surface area contributed by atoms with Crippen molar-refractivity contribution < 1.29 is 9.13 Å². The molecular formula is C12H14FNO. The van der Waals surface area contributed by atoms with Gasteiger partial charge in [-0.25, -0.2) is 4.39 Å². The fourth-order valence-electron chi connectivity index (χ4n) is 1.76. The molecule has 3 heteroatoms. The summed E-state index contributed by atoms with van der Waals surface area (Å²) in [7, 11) is 0. The van der Waals surface area contributed by atoms with E-state index in [2.05, 4.69) is 5.32 Å². The predicted octanol–water partition coefficient (Wildman–Crippen LogP) is 2.00. The largest absolute Gasteiger partial charge is 0.490 e. The summed E-state index contributed by atoms with van der Waals surface area (Å²) in [4.78, 5) is 0. The zero-order chi connectivity index (χ0) is 10.3. The van der Waals surface area contributed by atoms with E-state index in [1.165, 1.54) is 0 Å². The van der Waals surface area contributed by atoms with Gasteiger partial charge in [0.25, 0.3) is 0 Å². The molecule has 1 aliphatic heterocycles. The van der Waals surface area contributed by atoms with Crippen LogP contribution in [0.15, 0.2) is 24.3 Å². The van der Waals surface area contributed by atoms with Crippen molar-refractivity contribution in [2.24, 2.45) is 0 Å². The molecule has 15 heavy (non-hydrogen) atoms. The fourth-order valence-corrected chi connectivity index (χ4v) is 1.76. The number of benzene rings is 1. The number of nitrogens with one attached hydrogen (secondary N) is 1. The summed E-state index contributed by atoms with van der Waals surface area (Å²) < 4.78 is 19.5. The zero-order valence-electron chi connectivity index (χ0n) is 8.50. The average molecular weight is 207 g/mol. The first-order chi connectivity index (χ1) is 7.26. The molecule has 0 bridgehead atoms. The maximum atomic E-state index is 13.9. The van der Waals surface area contributed by atoms with Gasteiger partial charge in [-0.3, -0.25) is 0 Å². The van der Waals surface area contributed by atoms with Crippen LogP contribution in [0.3, 0.4) is 0 Å². The Morgan fingerprint density at radius 2 is 1.87 bits per heavy atom. The first-order valence-electron chi connectivity index (χ1n) is 5.43. The lowest BCUT2D eigenvalue weighted by molar-refractivity contribution is 0.0891. The Morgan fingerprint density at radius 3 is 2.33 bits per heavy atom. The van der Waals surface area contributed by atoms with Gasteiger partial charge in [0.1, 0.15) is 5.75 Å². The summed E-state index contributed by atoms with van der Waals surface area (Å²) in [6, 6.07) is 7.40. The van der Waals surface area contributed by atoms with Crippen molar-refractivity contribution in [3.05, 3.63) is 29.8 Å². The van der Waals surface area contributed by atoms with E-state index in [0.29, 0.717) is 19.2 Å². The number of hydrogen-bond donors (Lipinski definition) is 1. The van der Waals surface area contributed by atoms with E-state index in [4.69, 9.17) is 4.74 Å². The maximum Gasteiger partial charge on any atom is 0.160 e. The standard InChI is InChI=1S/C12H14FNO/c13-12(7-14-8-12)9-1-3-10(4-2-9)15-11-5-6-11/h1-4,11,14H,5-8H2. The van der Waals surface area contributed by atoms with Crippen LogP contribution in [0.2, 0.25) is 0 Å². The maximum absolute atomic E-state index is 13.9. The highest BCUT2D eigenvalue weighted by atomic mass is 19.1. The number of ether oxygens (including phenoxy) is 1. The molecule has 2 nitrogen and oxygen atoms in total. The molecule has 1 aliphatic carbocycles. The van der Waals surface area contributed by atoms with Crippen LogP contribution in [-0.2, 0) is 5.67 Å². The molecule has 1 saturated heterocycles. The van der Waals surface area contributed by atoms with Crippen LogP contribution in [0.4, 0.5) is 4.39 Å². The average Bonchev–Trinajstić information content (AvgIpc) is 2.99. The molecule has 3 rings (SSSR count). The van der Waals surface area contributed by atoms with E-state index < -0.39 is 5.67 Å². The molecule has 0 spiro atoms. The summed E-state index contributed by atoms with van der Waals surface area (Å²) in [6.45, 7) is 0.853. The van der Waals surface area contributed by atoms with Crippen molar-refractivity contribution in [1.29, 1.82) is 0 Å². The smallest absolute Gasteiger partial charge is 0.160 e. The monoisotopic (exact) mass is 207 g/mol. The van der Waals surface area contributed by atoms with Crippen LogP contribution in [0.1, 0.15) is 18.4 Å². The molecule has 0 radical (unpaired) electrons. The van der Waals surface area contributed by atoms with Gasteiger partial charge in [0.15, 0.2) is 5.67 Å². The first kappa shape index (κ1) is 9.16. The Hall–Kier alpha value is -1.09. The summed E-state index contributed by atoms with van der Waals surface area (Å²) in [5.41, 5.74) is -0.401. The fraction of sp³-hybridized carbons (Fsp3) is 0.500. The third-order valence-electron chi connectivity index (χ3n) is 3.01. The van der Waals surface area contributed by atoms with E-state index in [1.54, 1.807) is 0 Å². The van der Waals surface area contributed by atoms with Gasteiger partial charge < -0.3 is 10.1 Å². The number of rotatable bonds is 3. The SMILES string of the molecule is FC1(c2ccc(OC3CC3)cc2)CNC1. The molecule has 0 aromatic heterocycles. The normalized spacial score (nSPS) is 23.3. The highest BCUT2D eigenvalue weighted by Gasteiger charge is 2.38. The van der Waals surface area contributed by atoms with E-state index in [0.717, 1.165) is 24.2 Å². The first-order valence-corrected chi connectivity index (χ1v) is 5.43. The second-order valence-electron chi connectivity index (χ2n) is 4.41. The van der Waals surface area contributed by atoms with E-state index >= 15 is 0 Å². The van der Waals surface area contributed by atoms with Crippen molar-refractivity contribution >= 4 is 0 Å². The Balaban J connectivity index is 1.74. The van der Waals surface area contributed by atoms with Gasteiger partial charge in [0.05, 0.1) is 6.10 Å². The topological polar surface area (TPSA) is 21.3 Å². The third kappa shape index (κ3) is 1.72. The molecule has 1 N–H and O–H groups in total. The summed E-state index contributed by atoms with van der Waals surface area (Å²) in [6.07, 6.45) is 2.71. The van der Waals surface area contributed by atoms with Crippen LogP contribution < -0.4 is 10.1 Å². The van der Waals surface area contributed by atoms with Crippen LogP contribution in [0.5, 0.6) is 5.75 Å². The molecule has 0 atom stereocenters. The second-order valence-corrected chi connectivity index (χ2v) is 4.41. The van der Waals surface area contributed by atoms with Crippen molar-refractivity contribution in [2.75, 3.05) is 13.1 Å². The molecule has 0 unspecified atom stereocenters. The van der Waals surface area contributed by atoms with Crippen LogP contribution in [0, 0.1) is 0 Å². The Bertz CT molecular complexity index is 354. The summed E-state index contributed by atoms with van der Waals surface area (Å²) in [5, 5.41) is 2.95. The summed E-state index contributed by atoms with van der Waals surface area (Å²) in [5.74, 6) is 0.858. The van der Waals surface area contributed by atoms with Gasteiger partial charge in [-0.05, 0) is 30.5 Å². The predicted molar refractivity (Wildman–Crippen MR) is 55.7 cm³/mol. The molecule has 1 aromatic rings. The van der Waals surface area contributed by atoms with Crippen molar-refractivity contribution in [3.8, 4) is 5.75 Å². The van der Waals surface area contributed by atoms with Crippen LogP contribution in [0.25, 0.3) is 0 Å². The van der Waals surface area contributed by atoms with Crippen molar-refractivity contribution in [3.63, 3.8) is 0 Å². The van der Waals surface area contributed by atoms with Crippen molar-refractivity contribution in [1.82, 2.24) is 5.32 Å². The second kappa shape index (κ2) is 3.20. The lowest BCUT2D eigenvalue weighted by Crippen LogP contribution is -2.53. The zero-order valence-corrected chi connectivity index (χ0v) is 8.50. The minimum absolute atomic E-state index is 0.403. The lowest BCUT2D eigenvalue weighted by atomic mass is 9.90. The third-order valence-corrected chi connectivity index (χ3v) is 3.01. The molecule has 0 amide bonds. The lowest BCUT2D eigenvalue weighted by Gasteiger charge is -2.35. The minimum atomic E-state index is -1.15. The van der Waals surface area contributed by atoms with Gasteiger partial charge in [0.2, 0.25) is 0 Å². The molecule has 80 valence electrons. The van der Waals surface area contributed by atoms with Gasteiger partial charge in [-0.2, -0.15) is 0 Å². The Morgan fingerprint density at radius 1 is 1.20 bits per heavy atom. The van der Waals surface area contributed by atoms with Gasteiger partial charge >= 0.3 is 0 Å². The van der Waals surface area contributed by atoms with E-state index in [9.17, 15) is 4.39 Å². The Labute approximate surface area is 88.4 Å².